The summed E-state index contributed by atoms with van der Waals surface area (Å²) >= 11 is 0. The zero-order chi connectivity index (χ0) is 8.81. The summed E-state index contributed by atoms with van der Waals surface area (Å²) in [6.07, 6.45) is 3.15. The van der Waals surface area contributed by atoms with Crippen LogP contribution >= 0.6 is 0 Å². The van der Waals surface area contributed by atoms with Crippen LogP contribution in [0.1, 0.15) is 19.8 Å². The second-order valence-corrected chi connectivity index (χ2v) is 3.34. The molecule has 1 saturated heterocycles. The molecule has 1 aliphatic heterocycles. The molecule has 2 unspecified atom stereocenters. The Morgan fingerprint density at radius 2 is 2.50 bits per heavy atom. The van der Waals surface area contributed by atoms with E-state index in [1.54, 1.807) is 7.11 Å². The summed E-state index contributed by atoms with van der Waals surface area (Å²) in [5.74, 6) is 0. The summed E-state index contributed by atoms with van der Waals surface area (Å²) in [6.45, 7) is 4.87. The van der Waals surface area contributed by atoms with E-state index in [-0.39, 0.29) is 0 Å². The van der Waals surface area contributed by atoms with E-state index < -0.39 is 0 Å². The Bertz CT molecular complexity index is 113. The molecule has 0 saturated carbocycles. The first-order chi connectivity index (χ1) is 5.83. The maximum Gasteiger partial charge on any atom is 0.0700 e. The van der Waals surface area contributed by atoms with Crippen LogP contribution in [0.2, 0.25) is 0 Å². The molecule has 1 aliphatic rings. The van der Waals surface area contributed by atoms with Gasteiger partial charge in [0.05, 0.1) is 12.2 Å². The average Bonchev–Trinajstić information content (AvgIpc) is 2.57. The van der Waals surface area contributed by atoms with E-state index in [1.807, 2.05) is 0 Å². The van der Waals surface area contributed by atoms with Crippen LogP contribution in [0.15, 0.2) is 0 Å². The second-order valence-electron chi connectivity index (χ2n) is 3.34. The topological polar surface area (TPSA) is 30.5 Å². The molecule has 0 spiro atoms. The molecule has 2 atom stereocenters. The quantitative estimate of drug-likeness (QED) is 0.666. The molecule has 0 aromatic rings. The van der Waals surface area contributed by atoms with Crippen LogP contribution < -0.4 is 5.32 Å². The van der Waals surface area contributed by atoms with Gasteiger partial charge < -0.3 is 14.8 Å². The molecule has 0 aromatic carbocycles. The van der Waals surface area contributed by atoms with E-state index >= 15 is 0 Å². The van der Waals surface area contributed by atoms with E-state index in [4.69, 9.17) is 9.47 Å². The number of methoxy groups -OCH3 is 1. The van der Waals surface area contributed by atoms with E-state index in [0.717, 1.165) is 19.7 Å². The van der Waals surface area contributed by atoms with Gasteiger partial charge in [-0.25, -0.2) is 0 Å². The van der Waals surface area contributed by atoms with E-state index in [2.05, 4.69) is 12.2 Å². The Morgan fingerprint density at radius 1 is 1.67 bits per heavy atom. The van der Waals surface area contributed by atoms with E-state index in [1.165, 1.54) is 12.8 Å². The highest BCUT2D eigenvalue weighted by atomic mass is 16.5. The predicted molar refractivity (Wildman–Crippen MR) is 48.3 cm³/mol. The minimum Gasteiger partial charge on any atom is -0.380 e. The monoisotopic (exact) mass is 173 g/mol. The van der Waals surface area contributed by atoms with Gasteiger partial charge in [-0.3, -0.25) is 0 Å². The van der Waals surface area contributed by atoms with Gasteiger partial charge in [-0.15, -0.1) is 0 Å². The van der Waals surface area contributed by atoms with Gasteiger partial charge in [-0.2, -0.15) is 0 Å². The Labute approximate surface area is 74.4 Å². The Hall–Kier alpha value is -0.120. The van der Waals surface area contributed by atoms with Crippen molar-refractivity contribution >= 4 is 0 Å². The van der Waals surface area contributed by atoms with Crippen LogP contribution in [0, 0.1) is 0 Å². The van der Waals surface area contributed by atoms with Crippen molar-refractivity contribution in [2.75, 3.05) is 26.8 Å². The molecule has 3 nitrogen and oxygen atoms in total. The van der Waals surface area contributed by atoms with Gasteiger partial charge >= 0.3 is 0 Å². The molecular weight excluding hydrogens is 154 g/mol. The third kappa shape index (κ3) is 3.52. The molecular formula is C9H19NO2. The fourth-order valence-electron chi connectivity index (χ4n) is 1.34. The normalized spacial score (nSPS) is 26.0. The molecule has 0 bridgehead atoms. The van der Waals surface area contributed by atoms with Crippen LogP contribution in [-0.2, 0) is 9.47 Å². The molecule has 0 amide bonds. The lowest BCUT2D eigenvalue weighted by Gasteiger charge is -2.13. The maximum atomic E-state index is 5.47. The van der Waals surface area contributed by atoms with Gasteiger partial charge in [0.2, 0.25) is 0 Å². The van der Waals surface area contributed by atoms with E-state index in [9.17, 15) is 0 Å². The lowest BCUT2D eigenvalue weighted by atomic mass is 10.2. The van der Waals surface area contributed by atoms with Crippen molar-refractivity contribution in [1.29, 1.82) is 0 Å². The highest BCUT2D eigenvalue weighted by molar-refractivity contribution is 4.68. The molecule has 0 aliphatic carbocycles. The van der Waals surface area contributed by atoms with Gasteiger partial charge in [-0.1, -0.05) is 0 Å². The van der Waals surface area contributed by atoms with Crippen molar-refractivity contribution < 1.29 is 9.47 Å². The lowest BCUT2D eigenvalue weighted by Crippen LogP contribution is -2.32. The van der Waals surface area contributed by atoms with Crippen molar-refractivity contribution in [2.24, 2.45) is 0 Å². The molecule has 1 fully saturated rings. The number of nitrogens with one attached hydrogen (secondary N) is 1. The fourth-order valence-corrected chi connectivity index (χ4v) is 1.34. The molecule has 1 heterocycles. The molecule has 1 N–H and O–H groups in total. The average molecular weight is 173 g/mol. The summed E-state index contributed by atoms with van der Waals surface area (Å²) in [5.41, 5.74) is 0. The first-order valence-corrected chi connectivity index (χ1v) is 4.68. The minimum absolute atomic E-state index is 0.298. The van der Waals surface area contributed by atoms with Crippen molar-refractivity contribution in [1.82, 2.24) is 5.32 Å². The molecule has 1 rings (SSSR count). The summed E-state index contributed by atoms with van der Waals surface area (Å²) < 4.78 is 10.6. The van der Waals surface area contributed by atoms with Crippen LogP contribution in [0.25, 0.3) is 0 Å². The van der Waals surface area contributed by atoms with Gasteiger partial charge in [0, 0.05) is 26.8 Å². The molecule has 12 heavy (non-hydrogen) atoms. The van der Waals surface area contributed by atoms with Gasteiger partial charge in [0.1, 0.15) is 0 Å². The van der Waals surface area contributed by atoms with Crippen molar-refractivity contribution in [3.8, 4) is 0 Å². The van der Waals surface area contributed by atoms with Crippen LogP contribution in [0.4, 0.5) is 0 Å². The van der Waals surface area contributed by atoms with Gasteiger partial charge in [0.15, 0.2) is 0 Å². The lowest BCUT2D eigenvalue weighted by molar-refractivity contribution is 0.0932. The molecule has 0 radical (unpaired) electrons. The van der Waals surface area contributed by atoms with Crippen molar-refractivity contribution in [3.63, 3.8) is 0 Å². The number of ether oxygens (including phenoxy) is 2. The Balaban J connectivity index is 1.94. The van der Waals surface area contributed by atoms with Gasteiger partial charge in [0.25, 0.3) is 0 Å². The Kier molecular flexibility index (Phi) is 4.58. The third-order valence-corrected chi connectivity index (χ3v) is 2.23. The van der Waals surface area contributed by atoms with Crippen molar-refractivity contribution in [3.05, 3.63) is 0 Å². The Morgan fingerprint density at radius 3 is 3.08 bits per heavy atom. The maximum absolute atomic E-state index is 5.47. The predicted octanol–water partition coefficient (Wildman–Crippen LogP) is 0.790. The van der Waals surface area contributed by atoms with Crippen molar-refractivity contribution in [2.45, 2.75) is 32.0 Å². The highest BCUT2D eigenvalue weighted by Crippen LogP contribution is 2.10. The molecule has 3 heteroatoms. The van der Waals surface area contributed by atoms with Crippen LogP contribution in [-0.4, -0.2) is 39.0 Å². The zero-order valence-electron chi connectivity index (χ0n) is 8.01. The molecule has 0 aromatic heterocycles. The summed E-state index contributed by atoms with van der Waals surface area (Å²) in [4.78, 5) is 0. The first-order valence-electron chi connectivity index (χ1n) is 4.68. The standard InChI is InChI=1S/C9H19NO2/c1-8(11-2)6-10-7-9-4-3-5-12-9/h8-10H,3-7H2,1-2H3. The van der Waals surface area contributed by atoms with Crippen LogP contribution in [0.5, 0.6) is 0 Å². The fraction of sp³-hybridized carbons (Fsp3) is 1.00. The second kappa shape index (κ2) is 5.51. The smallest absolute Gasteiger partial charge is 0.0700 e. The summed E-state index contributed by atoms with van der Waals surface area (Å²) in [7, 11) is 1.73. The SMILES string of the molecule is COC(C)CNCC1CCCO1. The first kappa shape index (κ1) is 9.96. The largest absolute Gasteiger partial charge is 0.380 e. The van der Waals surface area contributed by atoms with Gasteiger partial charge in [-0.05, 0) is 19.8 Å². The number of hydrogen-bond acceptors (Lipinski definition) is 3. The molecule has 72 valence electrons. The van der Waals surface area contributed by atoms with Crippen LogP contribution in [0.3, 0.4) is 0 Å². The number of hydrogen-bond donors (Lipinski definition) is 1. The van der Waals surface area contributed by atoms with E-state index in [0.29, 0.717) is 12.2 Å². The minimum atomic E-state index is 0.298. The number of rotatable bonds is 5. The highest BCUT2D eigenvalue weighted by Gasteiger charge is 2.14. The summed E-state index contributed by atoms with van der Waals surface area (Å²) in [5, 5.41) is 3.33. The zero-order valence-corrected chi connectivity index (χ0v) is 8.01. The summed E-state index contributed by atoms with van der Waals surface area (Å²) in [6, 6.07) is 0. The third-order valence-electron chi connectivity index (χ3n) is 2.23.